The largest absolute Gasteiger partial charge is 0.522 e. The molecule has 0 unspecified atom stereocenters. The molecular formula is C6H8BrF3O. The Morgan fingerprint density at radius 1 is 1.27 bits per heavy atom. The Balaban J connectivity index is 2.37. The lowest BCUT2D eigenvalue weighted by Crippen LogP contribution is -2.26. The van der Waals surface area contributed by atoms with E-state index in [1.165, 1.54) is 0 Å². The van der Waals surface area contributed by atoms with E-state index in [-0.39, 0.29) is 4.83 Å². The molecule has 0 heterocycles. The maximum Gasteiger partial charge on any atom is 0.522 e. The Kier molecular flexibility index (Phi) is 2.80. The molecule has 1 fully saturated rings. The first-order chi connectivity index (χ1) is 4.99. The van der Waals surface area contributed by atoms with E-state index in [0.29, 0.717) is 6.42 Å². The fourth-order valence-electron chi connectivity index (χ4n) is 1.19. The van der Waals surface area contributed by atoms with Gasteiger partial charge in [0.2, 0.25) is 0 Å². The Labute approximate surface area is 71.0 Å². The molecule has 0 radical (unpaired) electrons. The molecule has 0 amide bonds. The molecule has 1 saturated carbocycles. The number of ether oxygens (including phenoxy) is 1. The first-order valence-corrected chi connectivity index (χ1v) is 4.29. The fourth-order valence-corrected chi connectivity index (χ4v) is 1.88. The molecule has 0 N–H and O–H groups in total. The molecule has 5 heteroatoms. The topological polar surface area (TPSA) is 9.23 Å². The van der Waals surface area contributed by atoms with Crippen molar-refractivity contribution in [2.75, 3.05) is 0 Å². The van der Waals surface area contributed by atoms with Crippen molar-refractivity contribution < 1.29 is 17.9 Å². The predicted octanol–water partition coefficient (Wildman–Crippen LogP) is 2.84. The third-order valence-corrected chi connectivity index (χ3v) is 2.70. The zero-order valence-corrected chi connectivity index (χ0v) is 7.28. The third kappa shape index (κ3) is 2.99. The van der Waals surface area contributed by atoms with Gasteiger partial charge >= 0.3 is 6.36 Å². The molecular weight excluding hydrogens is 225 g/mol. The maximum absolute atomic E-state index is 11.6. The summed E-state index contributed by atoms with van der Waals surface area (Å²) in [6.07, 6.45) is -3.11. The highest BCUT2D eigenvalue weighted by atomic mass is 79.9. The Morgan fingerprint density at radius 3 is 2.27 bits per heavy atom. The van der Waals surface area contributed by atoms with E-state index in [9.17, 15) is 13.2 Å². The van der Waals surface area contributed by atoms with Crippen LogP contribution in [0, 0.1) is 0 Å². The van der Waals surface area contributed by atoms with Crippen molar-refractivity contribution in [2.24, 2.45) is 0 Å². The number of hydrogen-bond donors (Lipinski definition) is 0. The summed E-state index contributed by atoms with van der Waals surface area (Å²) in [5, 5.41) is 0. The molecule has 0 aromatic carbocycles. The van der Waals surface area contributed by atoms with Crippen LogP contribution in [0.1, 0.15) is 19.3 Å². The molecule has 0 aromatic heterocycles. The molecule has 0 bridgehead atoms. The summed E-state index contributed by atoms with van der Waals surface area (Å²) in [7, 11) is 0. The van der Waals surface area contributed by atoms with E-state index in [1.54, 1.807) is 0 Å². The average Bonchev–Trinajstić information content (AvgIpc) is 2.12. The predicted molar refractivity (Wildman–Crippen MR) is 37.5 cm³/mol. The number of halogens is 4. The molecule has 66 valence electrons. The summed E-state index contributed by atoms with van der Waals surface area (Å²) in [6, 6.07) is 0. The van der Waals surface area contributed by atoms with Crippen LogP contribution in [0.2, 0.25) is 0 Å². The van der Waals surface area contributed by atoms with Gasteiger partial charge in [-0.25, -0.2) is 0 Å². The minimum atomic E-state index is -4.49. The quantitative estimate of drug-likeness (QED) is 0.632. The second-order valence-electron chi connectivity index (χ2n) is 2.55. The van der Waals surface area contributed by atoms with Crippen LogP contribution in [0.15, 0.2) is 0 Å². The van der Waals surface area contributed by atoms with E-state index in [1.807, 2.05) is 0 Å². The van der Waals surface area contributed by atoms with Gasteiger partial charge in [-0.3, -0.25) is 4.74 Å². The van der Waals surface area contributed by atoms with Gasteiger partial charge in [0.15, 0.2) is 0 Å². The minimum Gasteiger partial charge on any atom is -0.287 e. The molecule has 1 aliphatic carbocycles. The fraction of sp³-hybridized carbons (Fsp3) is 1.00. The standard InChI is InChI=1S/C6H8BrF3O/c7-4-2-1-3-5(4)11-6(8,9)10/h4-5H,1-3H2/t4-,5-/m1/s1. The normalized spacial score (nSPS) is 32.7. The van der Waals surface area contributed by atoms with Gasteiger partial charge in [-0.1, -0.05) is 15.9 Å². The summed E-state index contributed by atoms with van der Waals surface area (Å²) in [6.45, 7) is 0. The van der Waals surface area contributed by atoms with Crippen molar-refractivity contribution in [1.29, 1.82) is 0 Å². The lowest BCUT2D eigenvalue weighted by atomic mass is 10.3. The minimum absolute atomic E-state index is 0.135. The van der Waals surface area contributed by atoms with E-state index >= 15 is 0 Å². The van der Waals surface area contributed by atoms with Crippen molar-refractivity contribution in [3.63, 3.8) is 0 Å². The highest BCUT2D eigenvalue weighted by Crippen LogP contribution is 2.32. The average molecular weight is 233 g/mol. The van der Waals surface area contributed by atoms with Gasteiger partial charge < -0.3 is 0 Å². The summed E-state index contributed by atoms with van der Waals surface area (Å²) < 4.78 is 38.8. The molecule has 0 aromatic rings. The third-order valence-electron chi connectivity index (χ3n) is 1.66. The summed E-state index contributed by atoms with van der Waals surface area (Å²) >= 11 is 3.13. The van der Waals surface area contributed by atoms with Crippen molar-refractivity contribution in [2.45, 2.75) is 36.6 Å². The molecule has 1 nitrogen and oxygen atoms in total. The van der Waals surface area contributed by atoms with Crippen LogP contribution < -0.4 is 0 Å². The smallest absolute Gasteiger partial charge is 0.287 e. The Morgan fingerprint density at radius 2 is 1.91 bits per heavy atom. The van der Waals surface area contributed by atoms with Crippen LogP contribution >= 0.6 is 15.9 Å². The van der Waals surface area contributed by atoms with Crippen LogP contribution in [-0.4, -0.2) is 17.3 Å². The van der Waals surface area contributed by atoms with E-state index in [0.717, 1.165) is 12.8 Å². The maximum atomic E-state index is 11.6. The Hall–Kier alpha value is 0.230. The number of rotatable bonds is 1. The monoisotopic (exact) mass is 232 g/mol. The van der Waals surface area contributed by atoms with Crippen LogP contribution in [0.25, 0.3) is 0 Å². The molecule has 11 heavy (non-hydrogen) atoms. The van der Waals surface area contributed by atoms with Gasteiger partial charge in [-0.15, -0.1) is 13.2 Å². The first kappa shape index (κ1) is 9.32. The van der Waals surface area contributed by atoms with Crippen molar-refractivity contribution >= 4 is 15.9 Å². The zero-order chi connectivity index (χ0) is 8.48. The molecule has 0 aliphatic heterocycles. The van der Waals surface area contributed by atoms with Gasteiger partial charge in [0, 0.05) is 4.83 Å². The SMILES string of the molecule is FC(F)(F)O[C@@H]1CCC[C@H]1Br. The highest BCUT2D eigenvalue weighted by Gasteiger charge is 2.38. The van der Waals surface area contributed by atoms with Gasteiger partial charge in [-0.05, 0) is 19.3 Å². The van der Waals surface area contributed by atoms with E-state index in [4.69, 9.17) is 0 Å². The highest BCUT2D eigenvalue weighted by molar-refractivity contribution is 9.09. The Bertz CT molecular complexity index is 136. The van der Waals surface area contributed by atoms with Crippen LogP contribution in [0.3, 0.4) is 0 Å². The number of hydrogen-bond acceptors (Lipinski definition) is 1. The molecule has 1 rings (SSSR count). The summed E-state index contributed by atoms with van der Waals surface area (Å²) in [5.41, 5.74) is 0. The summed E-state index contributed by atoms with van der Waals surface area (Å²) in [4.78, 5) is -0.135. The van der Waals surface area contributed by atoms with Crippen LogP contribution in [0.4, 0.5) is 13.2 Å². The second kappa shape index (κ2) is 3.31. The molecule has 2 atom stereocenters. The second-order valence-corrected chi connectivity index (χ2v) is 3.73. The zero-order valence-electron chi connectivity index (χ0n) is 5.70. The number of alkyl halides is 4. The van der Waals surface area contributed by atoms with Gasteiger partial charge in [0.05, 0.1) is 6.10 Å². The first-order valence-electron chi connectivity index (χ1n) is 3.37. The van der Waals surface area contributed by atoms with Gasteiger partial charge in [0.25, 0.3) is 0 Å². The van der Waals surface area contributed by atoms with Crippen LogP contribution in [-0.2, 0) is 4.74 Å². The van der Waals surface area contributed by atoms with Crippen molar-refractivity contribution in [3.05, 3.63) is 0 Å². The lowest BCUT2D eigenvalue weighted by molar-refractivity contribution is -0.340. The summed E-state index contributed by atoms with van der Waals surface area (Å²) in [5.74, 6) is 0. The molecule has 0 saturated heterocycles. The van der Waals surface area contributed by atoms with Crippen molar-refractivity contribution in [1.82, 2.24) is 0 Å². The van der Waals surface area contributed by atoms with E-state index < -0.39 is 12.5 Å². The van der Waals surface area contributed by atoms with E-state index in [2.05, 4.69) is 20.7 Å². The van der Waals surface area contributed by atoms with Crippen molar-refractivity contribution in [3.8, 4) is 0 Å². The van der Waals surface area contributed by atoms with Gasteiger partial charge in [-0.2, -0.15) is 0 Å². The molecule has 0 spiro atoms. The molecule has 1 aliphatic rings. The lowest BCUT2D eigenvalue weighted by Gasteiger charge is -2.16. The van der Waals surface area contributed by atoms with Gasteiger partial charge in [0.1, 0.15) is 0 Å². The van der Waals surface area contributed by atoms with Crippen LogP contribution in [0.5, 0.6) is 0 Å².